The summed E-state index contributed by atoms with van der Waals surface area (Å²) in [4.78, 5) is 12.3. The molecule has 0 rings (SSSR count). The van der Waals surface area contributed by atoms with Crippen molar-refractivity contribution in [3.8, 4) is 0 Å². The van der Waals surface area contributed by atoms with Gasteiger partial charge in [-0.05, 0) is 44.9 Å². The van der Waals surface area contributed by atoms with Crippen LogP contribution >= 0.6 is 0 Å². The molecule has 0 saturated heterocycles. The van der Waals surface area contributed by atoms with E-state index in [0.717, 1.165) is 25.7 Å². The van der Waals surface area contributed by atoms with Crippen LogP contribution in [0.1, 0.15) is 219 Å². The average molecular weight is 648 g/mol. The number of rotatable bonds is 37. The molecule has 0 aliphatic rings. The zero-order valence-corrected chi connectivity index (χ0v) is 31.1. The first-order valence-corrected chi connectivity index (χ1v) is 20.6. The number of carbonyl (C=O) groups is 1. The molecule has 0 aromatic heterocycles. The van der Waals surface area contributed by atoms with Crippen LogP contribution in [0.2, 0.25) is 0 Å². The van der Waals surface area contributed by atoms with Crippen molar-refractivity contribution in [2.75, 3.05) is 6.61 Å². The third-order valence-electron chi connectivity index (χ3n) is 9.43. The fraction of sp³-hybridized carbons (Fsp3) is 0.881. The van der Waals surface area contributed by atoms with Crippen LogP contribution in [0.4, 0.5) is 0 Å². The zero-order valence-electron chi connectivity index (χ0n) is 31.1. The Morgan fingerprint density at radius 2 is 0.826 bits per heavy atom. The topological polar surface area (TPSA) is 69.6 Å². The first-order chi connectivity index (χ1) is 22.7. The maximum atomic E-state index is 12.3. The van der Waals surface area contributed by atoms with E-state index in [0.29, 0.717) is 6.42 Å². The monoisotopic (exact) mass is 648 g/mol. The van der Waals surface area contributed by atoms with Crippen molar-refractivity contribution >= 4 is 5.91 Å². The van der Waals surface area contributed by atoms with Crippen LogP contribution in [0.5, 0.6) is 0 Å². The molecule has 0 saturated carbocycles. The van der Waals surface area contributed by atoms with Crippen LogP contribution in [0.15, 0.2) is 24.3 Å². The van der Waals surface area contributed by atoms with Crippen LogP contribution in [0, 0.1) is 0 Å². The van der Waals surface area contributed by atoms with Gasteiger partial charge in [-0.1, -0.05) is 192 Å². The Hall–Kier alpha value is -1.13. The van der Waals surface area contributed by atoms with Gasteiger partial charge in [-0.25, -0.2) is 0 Å². The lowest BCUT2D eigenvalue weighted by Gasteiger charge is -2.20. The Bertz CT molecular complexity index is 661. The van der Waals surface area contributed by atoms with Crippen molar-refractivity contribution in [2.45, 2.75) is 231 Å². The molecule has 46 heavy (non-hydrogen) atoms. The number of carbonyl (C=O) groups excluding carboxylic acids is 1. The van der Waals surface area contributed by atoms with E-state index < -0.39 is 12.1 Å². The predicted molar refractivity (Wildman–Crippen MR) is 202 cm³/mol. The van der Waals surface area contributed by atoms with E-state index in [1.54, 1.807) is 6.08 Å². The molecule has 0 aromatic carbocycles. The Balaban J connectivity index is 3.55. The molecule has 0 aliphatic heterocycles. The molecule has 4 heteroatoms. The summed E-state index contributed by atoms with van der Waals surface area (Å²) < 4.78 is 0. The van der Waals surface area contributed by atoms with Crippen molar-refractivity contribution in [3.05, 3.63) is 24.3 Å². The first-order valence-electron chi connectivity index (χ1n) is 20.6. The molecule has 272 valence electrons. The van der Waals surface area contributed by atoms with Crippen molar-refractivity contribution in [1.82, 2.24) is 5.32 Å². The lowest BCUT2D eigenvalue weighted by atomic mass is 10.0. The highest BCUT2D eigenvalue weighted by molar-refractivity contribution is 5.76. The molecular weight excluding hydrogens is 566 g/mol. The van der Waals surface area contributed by atoms with Gasteiger partial charge >= 0.3 is 0 Å². The maximum absolute atomic E-state index is 12.3. The smallest absolute Gasteiger partial charge is 0.220 e. The van der Waals surface area contributed by atoms with Crippen molar-refractivity contribution in [1.29, 1.82) is 0 Å². The van der Waals surface area contributed by atoms with E-state index in [1.807, 2.05) is 6.08 Å². The van der Waals surface area contributed by atoms with E-state index in [1.165, 1.54) is 173 Å². The molecule has 2 atom stereocenters. The summed E-state index contributed by atoms with van der Waals surface area (Å²) in [6.45, 7) is 4.30. The first kappa shape index (κ1) is 44.9. The molecule has 0 heterocycles. The van der Waals surface area contributed by atoms with Gasteiger partial charge in [0, 0.05) is 6.42 Å². The highest BCUT2D eigenvalue weighted by atomic mass is 16.3. The predicted octanol–water partition coefficient (Wildman–Crippen LogP) is 12.5. The van der Waals surface area contributed by atoms with Gasteiger partial charge in [0.25, 0.3) is 0 Å². The van der Waals surface area contributed by atoms with Crippen LogP contribution in [0.3, 0.4) is 0 Å². The third kappa shape index (κ3) is 34.2. The van der Waals surface area contributed by atoms with Gasteiger partial charge in [-0.15, -0.1) is 0 Å². The summed E-state index contributed by atoms with van der Waals surface area (Å²) in [5.41, 5.74) is 0. The molecular formula is C42H81NO3. The number of unbranched alkanes of at least 4 members (excludes halogenated alkanes) is 28. The summed E-state index contributed by atoms with van der Waals surface area (Å²) in [6.07, 6.45) is 48.4. The minimum Gasteiger partial charge on any atom is -0.394 e. The number of allylic oxidation sites excluding steroid dienone is 3. The summed E-state index contributed by atoms with van der Waals surface area (Å²) in [5.74, 6) is -0.0647. The lowest BCUT2D eigenvalue weighted by Crippen LogP contribution is -2.45. The Morgan fingerprint density at radius 1 is 0.500 bits per heavy atom. The van der Waals surface area contributed by atoms with Crippen molar-refractivity contribution in [2.24, 2.45) is 0 Å². The third-order valence-corrected chi connectivity index (χ3v) is 9.43. The molecule has 0 aliphatic carbocycles. The molecule has 0 unspecified atom stereocenters. The zero-order chi connectivity index (χ0) is 33.6. The van der Waals surface area contributed by atoms with Gasteiger partial charge in [-0.2, -0.15) is 0 Å². The Kier molecular flexibility index (Phi) is 37.4. The van der Waals surface area contributed by atoms with Crippen LogP contribution in [-0.2, 0) is 4.79 Å². The highest BCUT2D eigenvalue weighted by Crippen LogP contribution is 2.14. The fourth-order valence-electron chi connectivity index (χ4n) is 6.23. The molecule has 0 spiro atoms. The summed E-state index contributed by atoms with van der Waals surface area (Å²) in [6, 6.07) is -0.618. The quantitative estimate of drug-likeness (QED) is 0.0464. The number of aliphatic hydroxyl groups is 2. The van der Waals surface area contributed by atoms with E-state index in [4.69, 9.17) is 0 Å². The number of amides is 1. The van der Waals surface area contributed by atoms with E-state index >= 15 is 0 Å². The Morgan fingerprint density at radius 3 is 1.20 bits per heavy atom. The van der Waals surface area contributed by atoms with Crippen molar-refractivity contribution < 1.29 is 15.0 Å². The molecule has 0 bridgehead atoms. The van der Waals surface area contributed by atoms with Gasteiger partial charge in [0.05, 0.1) is 18.8 Å². The van der Waals surface area contributed by atoms with Gasteiger partial charge < -0.3 is 15.5 Å². The number of hydrogen-bond acceptors (Lipinski definition) is 3. The normalized spacial score (nSPS) is 13.2. The minimum absolute atomic E-state index is 0.0647. The largest absolute Gasteiger partial charge is 0.394 e. The Labute approximate surface area is 288 Å². The van der Waals surface area contributed by atoms with Gasteiger partial charge in [0.1, 0.15) is 0 Å². The van der Waals surface area contributed by atoms with Gasteiger partial charge in [0.2, 0.25) is 5.91 Å². The molecule has 3 N–H and O–H groups in total. The van der Waals surface area contributed by atoms with Crippen LogP contribution in [0.25, 0.3) is 0 Å². The second-order valence-corrected chi connectivity index (χ2v) is 14.1. The molecule has 0 radical (unpaired) electrons. The molecule has 0 fully saturated rings. The van der Waals surface area contributed by atoms with Crippen LogP contribution in [-0.4, -0.2) is 34.9 Å². The maximum Gasteiger partial charge on any atom is 0.220 e. The lowest BCUT2D eigenvalue weighted by molar-refractivity contribution is -0.123. The fourth-order valence-corrected chi connectivity index (χ4v) is 6.23. The average Bonchev–Trinajstić information content (AvgIpc) is 3.06. The molecule has 1 amide bonds. The summed E-state index contributed by atoms with van der Waals surface area (Å²) in [7, 11) is 0. The highest BCUT2D eigenvalue weighted by Gasteiger charge is 2.17. The van der Waals surface area contributed by atoms with Crippen LogP contribution < -0.4 is 5.32 Å². The number of nitrogens with one attached hydrogen (secondary N) is 1. The molecule has 0 aromatic rings. The van der Waals surface area contributed by atoms with Crippen molar-refractivity contribution in [3.63, 3.8) is 0 Å². The second kappa shape index (κ2) is 38.3. The summed E-state index contributed by atoms with van der Waals surface area (Å²) in [5, 5.41) is 22.9. The molecule has 4 nitrogen and oxygen atoms in total. The minimum atomic E-state index is -0.835. The van der Waals surface area contributed by atoms with E-state index in [2.05, 4.69) is 31.3 Å². The standard InChI is InChI=1S/C42H81NO3/c1-3-5-7-9-11-13-15-17-18-19-20-21-22-23-24-26-28-30-32-34-36-38-42(46)43-40(39-44)41(45)37-35-33-31-29-27-25-16-14-12-10-8-6-4-2/h17-18,35,37,40-41,44-45H,3-16,19-34,36,38-39H2,1-2H3,(H,43,46)/b18-17-,37-35+/t40-,41-/m1/s1. The number of aliphatic hydroxyl groups excluding tert-OH is 2. The van der Waals surface area contributed by atoms with Gasteiger partial charge in [0.15, 0.2) is 0 Å². The second-order valence-electron chi connectivity index (χ2n) is 14.1. The SMILES string of the molecule is CCCCCCCC/C=C\CCCCCCCCCCCCCC(=O)N[C@H](CO)[C@H](O)/C=C/CCCCCCCCCCCCC. The van der Waals surface area contributed by atoms with E-state index in [-0.39, 0.29) is 12.5 Å². The number of hydrogen-bond donors (Lipinski definition) is 3. The summed E-state index contributed by atoms with van der Waals surface area (Å²) >= 11 is 0. The van der Waals surface area contributed by atoms with E-state index in [9.17, 15) is 15.0 Å². The van der Waals surface area contributed by atoms with Gasteiger partial charge in [-0.3, -0.25) is 4.79 Å².